The first kappa shape index (κ1) is 11.1. The Labute approximate surface area is 95.4 Å². The molecule has 1 aliphatic heterocycles. The lowest BCUT2D eigenvalue weighted by atomic mass is 10.0. The third-order valence-electron chi connectivity index (χ3n) is 2.94. The normalized spacial score (nSPS) is 22.8. The molecule has 0 bridgehead atoms. The van der Waals surface area contributed by atoms with Gasteiger partial charge in [-0.3, -0.25) is 0 Å². The van der Waals surface area contributed by atoms with Crippen LogP contribution < -0.4 is 0 Å². The van der Waals surface area contributed by atoms with Crippen LogP contribution in [-0.4, -0.2) is 25.3 Å². The van der Waals surface area contributed by atoms with Crippen molar-refractivity contribution in [3.05, 3.63) is 35.9 Å². The molecule has 1 fully saturated rings. The van der Waals surface area contributed by atoms with Crippen molar-refractivity contribution < 1.29 is 14.3 Å². The number of methoxy groups -OCH3 is 1. The molecule has 2 rings (SSSR count). The zero-order valence-electron chi connectivity index (χ0n) is 9.44. The monoisotopic (exact) mass is 220 g/mol. The van der Waals surface area contributed by atoms with Crippen molar-refractivity contribution in [2.24, 2.45) is 0 Å². The third kappa shape index (κ3) is 2.42. The van der Waals surface area contributed by atoms with Crippen molar-refractivity contribution in [2.45, 2.75) is 24.9 Å². The molecule has 0 amide bonds. The maximum absolute atomic E-state index is 11.4. The van der Waals surface area contributed by atoms with Gasteiger partial charge in [-0.2, -0.15) is 0 Å². The lowest BCUT2D eigenvalue weighted by Gasteiger charge is -2.08. The average molecular weight is 220 g/mol. The second-order valence-corrected chi connectivity index (χ2v) is 4.11. The van der Waals surface area contributed by atoms with Crippen molar-refractivity contribution in [3.8, 4) is 0 Å². The maximum atomic E-state index is 11.4. The molecule has 0 spiro atoms. The Bertz CT molecular complexity index is 355. The summed E-state index contributed by atoms with van der Waals surface area (Å²) in [5, 5.41) is 0. The van der Waals surface area contributed by atoms with Gasteiger partial charge in [0.1, 0.15) is 0 Å². The van der Waals surface area contributed by atoms with Gasteiger partial charge in [0.15, 0.2) is 5.60 Å². The van der Waals surface area contributed by atoms with Crippen molar-refractivity contribution in [2.75, 3.05) is 13.7 Å². The van der Waals surface area contributed by atoms with Crippen LogP contribution in [0.25, 0.3) is 0 Å². The zero-order valence-corrected chi connectivity index (χ0v) is 9.44. The summed E-state index contributed by atoms with van der Waals surface area (Å²) in [6.07, 6.45) is 2.66. The molecule has 1 aliphatic rings. The van der Waals surface area contributed by atoms with Gasteiger partial charge in [-0.15, -0.1) is 0 Å². The molecule has 1 atom stereocenters. The fourth-order valence-electron chi connectivity index (χ4n) is 1.86. The zero-order chi connectivity index (χ0) is 11.4. The number of aryl methyl sites for hydroxylation is 1. The Kier molecular flexibility index (Phi) is 3.25. The van der Waals surface area contributed by atoms with E-state index in [2.05, 4.69) is 12.1 Å². The van der Waals surface area contributed by atoms with E-state index in [-0.39, 0.29) is 5.97 Å². The van der Waals surface area contributed by atoms with Crippen LogP contribution in [0.15, 0.2) is 30.3 Å². The lowest BCUT2D eigenvalue weighted by Crippen LogP contribution is -2.26. The average Bonchev–Trinajstić information content (AvgIpc) is 3.11. The number of ether oxygens (including phenoxy) is 2. The summed E-state index contributed by atoms with van der Waals surface area (Å²) in [5.41, 5.74) is 0.673. The number of esters is 1. The Balaban J connectivity index is 1.79. The molecule has 1 heterocycles. The van der Waals surface area contributed by atoms with Crippen LogP contribution in [0.1, 0.15) is 18.4 Å². The highest BCUT2D eigenvalue weighted by molar-refractivity contribution is 5.82. The van der Waals surface area contributed by atoms with Crippen LogP contribution in [0.2, 0.25) is 0 Å². The van der Waals surface area contributed by atoms with Crippen molar-refractivity contribution in [1.82, 2.24) is 0 Å². The van der Waals surface area contributed by atoms with Gasteiger partial charge in [-0.25, -0.2) is 4.79 Å². The number of hydrogen-bond donors (Lipinski definition) is 0. The first-order valence-corrected chi connectivity index (χ1v) is 5.53. The highest BCUT2D eigenvalue weighted by Crippen LogP contribution is 2.33. The van der Waals surface area contributed by atoms with Gasteiger partial charge in [-0.1, -0.05) is 30.3 Å². The fourth-order valence-corrected chi connectivity index (χ4v) is 1.86. The molecule has 0 radical (unpaired) electrons. The minimum absolute atomic E-state index is 0.236. The molecule has 1 aromatic rings. The van der Waals surface area contributed by atoms with E-state index in [4.69, 9.17) is 9.47 Å². The molecule has 16 heavy (non-hydrogen) atoms. The number of rotatable bonds is 5. The largest absolute Gasteiger partial charge is 0.467 e. The first-order chi connectivity index (χ1) is 7.77. The fraction of sp³-hybridized carbons (Fsp3) is 0.462. The predicted octanol–water partition coefficient (Wildman–Crippen LogP) is 1.95. The highest BCUT2D eigenvalue weighted by atomic mass is 16.6. The molecular weight excluding hydrogens is 204 g/mol. The van der Waals surface area contributed by atoms with Crippen LogP contribution >= 0.6 is 0 Å². The molecule has 0 saturated carbocycles. The Morgan fingerprint density at radius 1 is 1.44 bits per heavy atom. The first-order valence-electron chi connectivity index (χ1n) is 5.53. The summed E-state index contributed by atoms with van der Waals surface area (Å²) in [5.74, 6) is -0.236. The van der Waals surface area contributed by atoms with Crippen LogP contribution in [-0.2, 0) is 20.7 Å². The van der Waals surface area contributed by atoms with E-state index >= 15 is 0 Å². The molecule has 0 aromatic heterocycles. The van der Waals surface area contributed by atoms with Gasteiger partial charge in [0.25, 0.3) is 0 Å². The van der Waals surface area contributed by atoms with E-state index in [9.17, 15) is 4.79 Å². The van der Waals surface area contributed by atoms with E-state index in [1.807, 2.05) is 18.2 Å². The minimum atomic E-state index is -0.621. The van der Waals surface area contributed by atoms with E-state index in [1.54, 1.807) is 0 Å². The molecule has 3 heteroatoms. The standard InChI is InChI=1S/C13H16O3/c1-15-12(14)13(10-16-13)9-5-8-11-6-3-2-4-7-11/h2-4,6-7H,5,8-10H2,1H3. The molecule has 1 saturated heterocycles. The summed E-state index contributed by atoms with van der Waals surface area (Å²) in [4.78, 5) is 11.4. The highest BCUT2D eigenvalue weighted by Gasteiger charge is 2.52. The SMILES string of the molecule is COC(=O)C1(CCCc2ccccc2)CO1. The van der Waals surface area contributed by atoms with E-state index in [0.29, 0.717) is 6.61 Å². The number of benzene rings is 1. The van der Waals surface area contributed by atoms with Crippen LogP contribution in [0.4, 0.5) is 0 Å². The van der Waals surface area contributed by atoms with Gasteiger partial charge < -0.3 is 9.47 Å². The Morgan fingerprint density at radius 3 is 2.69 bits per heavy atom. The summed E-state index contributed by atoms with van der Waals surface area (Å²) in [6, 6.07) is 10.2. The van der Waals surface area contributed by atoms with Gasteiger partial charge >= 0.3 is 5.97 Å². The minimum Gasteiger partial charge on any atom is -0.467 e. The van der Waals surface area contributed by atoms with Crippen LogP contribution in [0.3, 0.4) is 0 Å². The van der Waals surface area contributed by atoms with Gasteiger partial charge in [-0.05, 0) is 24.8 Å². The van der Waals surface area contributed by atoms with Gasteiger partial charge in [0, 0.05) is 0 Å². The molecule has 0 N–H and O–H groups in total. The topological polar surface area (TPSA) is 38.8 Å². The maximum Gasteiger partial charge on any atom is 0.340 e. The molecular formula is C13H16O3. The summed E-state index contributed by atoms with van der Waals surface area (Å²) in [7, 11) is 1.41. The van der Waals surface area contributed by atoms with Crippen LogP contribution in [0, 0.1) is 0 Å². The van der Waals surface area contributed by atoms with Crippen molar-refractivity contribution in [1.29, 1.82) is 0 Å². The lowest BCUT2D eigenvalue weighted by molar-refractivity contribution is -0.147. The molecule has 1 aromatic carbocycles. The Morgan fingerprint density at radius 2 is 2.12 bits per heavy atom. The summed E-state index contributed by atoms with van der Waals surface area (Å²) in [6.45, 7) is 0.508. The van der Waals surface area contributed by atoms with Crippen molar-refractivity contribution >= 4 is 5.97 Å². The van der Waals surface area contributed by atoms with Crippen molar-refractivity contribution in [3.63, 3.8) is 0 Å². The number of epoxide rings is 1. The van der Waals surface area contributed by atoms with E-state index in [0.717, 1.165) is 19.3 Å². The number of carbonyl (C=O) groups is 1. The second kappa shape index (κ2) is 4.66. The summed E-state index contributed by atoms with van der Waals surface area (Å²) >= 11 is 0. The molecule has 3 nitrogen and oxygen atoms in total. The van der Waals surface area contributed by atoms with E-state index < -0.39 is 5.60 Å². The number of hydrogen-bond acceptors (Lipinski definition) is 3. The van der Waals surface area contributed by atoms with Crippen LogP contribution in [0.5, 0.6) is 0 Å². The van der Waals surface area contributed by atoms with Gasteiger partial charge in [0.2, 0.25) is 0 Å². The summed E-state index contributed by atoms with van der Waals surface area (Å²) < 4.78 is 9.93. The molecule has 86 valence electrons. The Hall–Kier alpha value is -1.35. The second-order valence-electron chi connectivity index (χ2n) is 4.11. The molecule has 0 aliphatic carbocycles. The quantitative estimate of drug-likeness (QED) is 0.562. The molecule has 1 unspecified atom stereocenters. The predicted molar refractivity (Wildman–Crippen MR) is 60.1 cm³/mol. The van der Waals surface area contributed by atoms with Gasteiger partial charge in [0.05, 0.1) is 13.7 Å². The van der Waals surface area contributed by atoms with E-state index in [1.165, 1.54) is 12.7 Å². The third-order valence-corrected chi connectivity index (χ3v) is 2.94. The number of carbonyl (C=O) groups excluding carboxylic acids is 1. The smallest absolute Gasteiger partial charge is 0.340 e.